The fraction of sp³-hybridized carbons (Fsp3) is 1.00. The van der Waals surface area contributed by atoms with Crippen LogP contribution in [0.25, 0.3) is 0 Å². The Hall–Kier alpha value is -0.130. The van der Waals surface area contributed by atoms with Gasteiger partial charge < -0.3 is 10.6 Å². The Morgan fingerprint density at radius 1 is 1.23 bits per heavy atom. The van der Waals surface area contributed by atoms with Crippen molar-refractivity contribution in [2.24, 2.45) is 0 Å². The van der Waals surface area contributed by atoms with Gasteiger partial charge in [-0.3, -0.25) is 0 Å². The van der Waals surface area contributed by atoms with Gasteiger partial charge in [-0.05, 0) is 12.8 Å². The van der Waals surface area contributed by atoms with Gasteiger partial charge in [0, 0.05) is 25.2 Å². The minimum Gasteiger partial charge on any atom is -0.314 e. The summed E-state index contributed by atoms with van der Waals surface area (Å²) in [5.41, 5.74) is 0. The van der Waals surface area contributed by atoms with Crippen LogP contribution in [0.3, 0.4) is 0 Å². The highest BCUT2D eigenvalue weighted by Gasteiger charge is 2.27. The average molecular weight is 204 g/mol. The van der Waals surface area contributed by atoms with E-state index in [2.05, 4.69) is 10.6 Å². The van der Waals surface area contributed by atoms with Crippen LogP contribution in [0.2, 0.25) is 0 Å². The molecule has 2 rings (SSSR count). The lowest BCUT2D eigenvalue weighted by Crippen LogP contribution is -2.59. The maximum Gasteiger partial charge on any atom is 0.151 e. The summed E-state index contributed by atoms with van der Waals surface area (Å²) in [5, 5.41) is 6.53. The first-order chi connectivity index (χ1) is 6.16. The second-order valence-corrected chi connectivity index (χ2v) is 6.20. The Morgan fingerprint density at radius 2 is 2.00 bits per heavy atom. The molecule has 0 bridgehead atoms. The fourth-order valence-electron chi connectivity index (χ4n) is 1.89. The van der Waals surface area contributed by atoms with Crippen LogP contribution in [0.5, 0.6) is 0 Å². The number of rotatable bonds is 2. The predicted molar refractivity (Wildman–Crippen MR) is 51.5 cm³/mol. The molecule has 2 aliphatic heterocycles. The Labute approximate surface area is 79.0 Å². The number of hydrogen-bond donors (Lipinski definition) is 2. The highest BCUT2D eigenvalue weighted by molar-refractivity contribution is 7.91. The molecule has 5 heteroatoms. The van der Waals surface area contributed by atoms with Gasteiger partial charge >= 0.3 is 0 Å². The molecule has 2 saturated heterocycles. The van der Waals surface area contributed by atoms with Gasteiger partial charge in [-0.15, -0.1) is 0 Å². The number of nitrogens with one attached hydrogen (secondary N) is 2. The van der Waals surface area contributed by atoms with Crippen molar-refractivity contribution in [2.45, 2.75) is 24.9 Å². The van der Waals surface area contributed by atoms with E-state index in [1.807, 2.05) is 0 Å². The minimum atomic E-state index is -2.74. The molecular formula is C8H16N2O2S. The maximum absolute atomic E-state index is 11.3. The molecule has 1 atom stereocenters. The minimum absolute atomic E-state index is 0.200. The Kier molecular flexibility index (Phi) is 2.58. The van der Waals surface area contributed by atoms with Crippen LogP contribution in [0.4, 0.5) is 0 Å². The highest BCUT2D eigenvalue weighted by Crippen LogP contribution is 2.12. The van der Waals surface area contributed by atoms with Gasteiger partial charge in [0.2, 0.25) is 0 Å². The molecule has 13 heavy (non-hydrogen) atoms. The molecule has 2 aliphatic rings. The third-order valence-corrected chi connectivity index (χ3v) is 4.54. The Balaban J connectivity index is 1.85. The topological polar surface area (TPSA) is 58.2 Å². The first-order valence-electron chi connectivity index (χ1n) is 4.83. The molecule has 2 fully saturated rings. The fourth-order valence-corrected chi connectivity index (χ4v) is 3.54. The van der Waals surface area contributed by atoms with Crippen molar-refractivity contribution in [2.75, 3.05) is 24.6 Å². The first kappa shape index (κ1) is 9.43. The molecule has 0 aromatic rings. The third kappa shape index (κ3) is 2.42. The molecule has 2 heterocycles. The lowest BCUT2D eigenvalue weighted by Gasteiger charge is -2.33. The maximum atomic E-state index is 11.3. The lowest BCUT2D eigenvalue weighted by atomic mass is 10.1. The first-order valence-corrected chi connectivity index (χ1v) is 6.65. The SMILES string of the molecule is O=S1(=O)CCCC(NC2CNC2)C1. The number of hydrogen-bond acceptors (Lipinski definition) is 4. The van der Waals surface area contributed by atoms with Crippen LogP contribution in [0, 0.1) is 0 Å². The van der Waals surface area contributed by atoms with Crippen LogP contribution >= 0.6 is 0 Å². The summed E-state index contributed by atoms with van der Waals surface area (Å²) in [6.07, 6.45) is 1.83. The average Bonchev–Trinajstić information content (AvgIpc) is 1.95. The van der Waals surface area contributed by atoms with Crippen LogP contribution < -0.4 is 10.6 Å². The van der Waals surface area contributed by atoms with E-state index in [4.69, 9.17) is 0 Å². The van der Waals surface area contributed by atoms with Gasteiger partial charge in [-0.1, -0.05) is 0 Å². The van der Waals surface area contributed by atoms with Gasteiger partial charge in [0.1, 0.15) is 0 Å². The molecule has 0 aliphatic carbocycles. The second kappa shape index (κ2) is 3.55. The van der Waals surface area contributed by atoms with Gasteiger partial charge in [0.25, 0.3) is 0 Å². The molecule has 0 aromatic carbocycles. The predicted octanol–water partition coefficient (Wildman–Crippen LogP) is -0.875. The van der Waals surface area contributed by atoms with Crippen molar-refractivity contribution in [3.8, 4) is 0 Å². The normalized spacial score (nSPS) is 34.0. The van der Waals surface area contributed by atoms with E-state index in [1.165, 1.54) is 0 Å². The zero-order chi connectivity index (χ0) is 9.31. The van der Waals surface area contributed by atoms with E-state index < -0.39 is 9.84 Å². The van der Waals surface area contributed by atoms with Crippen molar-refractivity contribution in [1.82, 2.24) is 10.6 Å². The Morgan fingerprint density at radius 3 is 2.54 bits per heavy atom. The summed E-state index contributed by atoms with van der Waals surface area (Å²) in [4.78, 5) is 0. The van der Waals surface area contributed by atoms with E-state index in [0.29, 0.717) is 17.5 Å². The number of sulfone groups is 1. The van der Waals surface area contributed by atoms with Crippen LogP contribution in [-0.2, 0) is 9.84 Å². The van der Waals surface area contributed by atoms with E-state index in [0.717, 1.165) is 25.9 Å². The molecule has 0 spiro atoms. The largest absolute Gasteiger partial charge is 0.314 e. The molecule has 0 saturated carbocycles. The zero-order valence-electron chi connectivity index (χ0n) is 7.62. The van der Waals surface area contributed by atoms with Gasteiger partial charge in [0.15, 0.2) is 9.84 Å². The summed E-state index contributed by atoms with van der Waals surface area (Å²) in [7, 11) is -2.74. The van der Waals surface area contributed by atoms with E-state index in [9.17, 15) is 8.42 Å². The van der Waals surface area contributed by atoms with E-state index in [-0.39, 0.29) is 6.04 Å². The molecule has 2 N–H and O–H groups in total. The van der Waals surface area contributed by atoms with Crippen molar-refractivity contribution >= 4 is 9.84 Å². The summed E-state index contributed by atoms with van der Waals surface area (Å²) in [5.74, 6) is 0.720. The van der Waals surface area contributed by atoms with Gasteiger partial charge in [-0.25, -0.2) is 8.42 Å². The van der Waals surface area contributed by atoms with Gasteiger partial charge in [-0.2, -0.15) is 0 Å². The molecule has 0 amide bonds. The van der Waals surface area contributed by atoms with Crippen molar-refractivity contribution in [3.05, 3.63) is 0 Å². The van der Waals surface area contributed by atoms with Gasteiger partial charge in [0.05, 0.1) is 11.5 Å². The zero-order valence-corrected chi connectivity index (χ0v) is 8.44. The molecule has 76 valence electrons. The monoisotopic (exact) mass is 204 g/mol. The quantitative estimate of drug-likeness (QED) is 0.613. The van der Waals surface area contributed by atoms with E-state index in [1.54, 1.807) is 0 Å². The summed E-state index contributed by atoms with van der Waals surface area (Å²) < 4.78 is 22.6. The third-order valence-electron chi connectivity index (χ3n) is 2.72. The van der Waals surface area contributed by atoms with Crippen LogP contribution in [0.1, 0.15) is 12.8 Å². The molecular weight excluding hydrogens is 188 g/mol. The van der Waals surface area contributed by atoms with Crippen molar-refractivity contribution in [1.29, 1.82) is 0 Å². The molecule has 1 unspecified atom stereocenters. The molecule has 0 radical (unpaired) electrons. The Bertz CT molecular complexity index is 272. The molecule has 4 nitrogen and oxygen atoms in total. The van der Waals surface area contributed by atoms with E-state index >= 15 is 0 Å². The standard InChI is InChI=1S/C8H16N2O2S/c11-13(12)3-1-2-7(6-13)10-8-4-9-5-8/h7-10H,1-6H2. The van der Waals surface area contributed by atoms with Crippen molar-refractivity contribution < 1.29 is 8.42 Å². The van der Waals surface area contributed by atoms with Crippen LogP contribution in [0.15, 0.2) is 0 Å². The molecule has 0 aromatic heterocycles. The lowest BCUT2D eigenvalue weighted by molar-refractivity contribution is 0.324. The summed E-state index contributed by atoms with van der Waals surface area (Å²) >= 11 is 0. The highest BCUT2D eigenvalue weighted by atomic mass is 32.2. The second-order valence-electron chi connectivity index (χ2n) is 3.98. The smallest absolute Gasteiger partial charge is 0.151 e. The summed E-state index contributed by atoms with van der Waals surface area (Å²) in [6.45, 7) is 1.97. The summed E-state index contributed by atoms with van der Waals surface area (Å²) in [6, 6.07) is 0.698. The van der Waals surface area contributed by atoms with Crippen molar-refractivity contribution in [3.63, 3.8) is 0 Å². The van der Waals surface area contributed by atoms with Crippen LogP contribution in [-0.4, -0.2) is 45.1 Å².